The van der Waals surface area contributed by atoms with E-state index >= 15 is 0 Å². The highest BCUT2D eigenvalue weighted by atomic mass is 14.9. The van der Waals surface area contributed by atoms with Gasteiger partial charge in [0.25, 0.3) is 0 Å². The summed E-state index contributed by atoms with van der Waals surface area (Å²) in [6.45, 7) is 2.15. The zero-order valence-corrected chi connectivity index (χ0v) is 5.94. The van der Waals surface area contributed by atoms with Crippen LogP contribution in [0.2, 0.25) is 0 Å². The maximum absolute atomic E-state index is 8.59. The molecule has 1 aliphatic rings. The minimum Gasteiger partial charge on any atom is -0.305 e. The molecule has 2 nitrogen and oxygen atoms in total. The zero-order chi connectivity index (χ0) is 6.91. The molecule has 0 spiro atoms. The lowest BCUT2D eigenvalue weighted by Gasteiger charge is -2.13. The number of rotatable bonds is 2. The van der Waals surface area contributed by atoms with E-state index in [1.165, 1.54) is 12.8 Å². The third-order valence-electron chi connectivity index (χ3n) is 2.15. The van der Waals surface area contributed by atoms with E-state index in [4.69, 9.17) is 5.26 Å². The molecule has 1 saturated carbocycles. The van der Waals surface area contributed by atoms with Crippen LogP contribution in [0.4, 0.5) is 0 Å². The van der Waals surface area contributed by atoms with Gasteiger partial charge in [-0.25, -0.2) is 0 Å². The third-order valence-corrected chi connectivity index (χ3v) is 2.15. The molecular weight excluding hydrogens is 112 g/mol. The molecule has 0 aromatic heterocycles. The van der Waals surface area contributed by atoms with Gasteiger partial charge in [0.15, 0.2) is 0 Å². The van der Waals surface area contributed by atoms with Gasteiger partial charge < -0.3 is 5.32 Å². The van der Waals surface area contributed by atoms with E-state index in [1.807, 2.05) is 7.05 Å². The number of nitrogens with zero attached hydrogens (tertiary/aromatic N) is 1. The van der Waals surface area contributed by atoms with Crippen molar-refractivity contribution in [2.75, 3.05) is 7.05 Å². The van der Waals surface area contributed by atoms with Crippen LogP contribution in [0.25, 0.3) is 0 Å². The molecule has 1 unspecified atom stereocenters. The van der Waals surface area contributed by atoms with E-state index in [9.17, 15) is 0 Å². The van der Waals surface area contributed by atoms with Crippen LogP contribution >= 0.6 is 0 Å². The van der Waals surface area contributed by atoms with E-state index < -0.39 is 0 Å². The van der Waals surface area contributed by atoms with Gasteiger partial charge in [0.05, 0.1) is 6.07 Å². The fourth-order valence-electron chi connectivity index (χ4n) is 1.05. The summed E-state index contributed by atoms with van der Waals surface area (Å²) in [5.41, 5.74) is 0.295. The minimum absolute atomic E-state index is 0.0671. The van der Waals surface area contributed by atoms with Crippen LogP contribution in [0.1, 0.15) is 19.8 Å². The smallest absolute Gasteiger partial charge is 0.100 e. The predicted molar refractivity (Wildman–Crippen MR) is 35.8 cm³/mol. The highest BCUT2D eigenvalue weighted by Crippen LogP contribution is 2.47. The van der Waals surface area contributed by atoms with Crippen molar-refractivity contribution in [1.82, 2.24) is 5.32 Å². The second kappa shape index (κ2) is 2.00. The molecule has 1 fully saturated rings. The molecule has 1 atom stereocenters. The second-order valence-electron chi connectivity index (χ2n) is 3.00. The normalized spacial score (nSPS) is 24.6. The Hall–Kier alpha value is -0.550. The molecule has 50 valence electrons. The first kappa shape index (κ1) is 6.57. The molecule has 0 aliphatic heterocycles. The van der Waals surface area contributed by atoms with Crippen molar-refractivity contribution >= 4 is 0 Å². The van der Waals surface area contributed by atoms with Gasteiger partial charge in [-0.05, 0) is 25.3 Å². The minimum atomic E-state index is 0.0671. The summed E-state index contributed by atoms with van der Waals surface area (Å²) >= 11 is 0. The van der Waals surface area contributed by atoms with E-state index in [0.29, 0.717) is 5.41 Å². The van der Waals surface area contributed by atoms with E-state index in [2.05, 4.69) is 18.3 Å². The summed E-state index contributed by atoms with van der Waals surface area (Å²) in [6, 6.07) is 2.31. The molecule has 0 saturated heterocycles. The second-order valence-corrected chi connectivity index (χ2v) is 3.00. The van der Waals surface area contributed by atoms with Gasteiger partial charge in [-0.15, -0.1) is 0 Å². The van der Waals surface area contributed by atoms with Gasteiger partial charge in [0.2, 0.25) is 0 Å². The van der Waals surface area contributed by atoms with Gasteiger partial charge in [0.1, 0.15) is 6.04 Å². The van der Waals surface area contributed by atoms with Gasteiger partial charge in [0, 0.05) is 0 Å². The lowest BCUT2D eigenvalue weighted by atomic mass is 10.0. The number of nitriles is 1. The van der Waals surface area contributed by atoms with E-state index in [-0.39, 0.29) is 6.04 Å². The van der Waals surface area contributed by atoms with Crippen LogP contribution in [0, 0.1) is 16.7 Å². The number of nitrogens with one attached hydrogen (secondary N) is 1. The van der Waals surface area contributed by atoms with Crippen LogP contribution in [-0.4, -0.2) is 13.1 Å². The Bertz CT molecular complexity index is 141. The van der Waals surface area contributed by atoms with Gasteiger partial charge in [-0.3, -0.25) is 0 Å². The molecule has 0 aromatic carbocycles. The monoisotopic (exact) mass is 124 g/mol. The number of hydrogen-bond acceptors (Lipinski definition) is 2. The maximum Gasteiger partial charge on any atom is 0.100 e. The fourth-order valence-corrected chi connectivity index (χ4v) is 1.05. The Morgan fingerprint density at radius 1 is 1.67 bits per heavy atom. The van der Waals surface area contributed by atoms with Gasteiger partial charge in [-0.2, -0.15) is 5.26 Å². The third kappa shape index (κ3) is 1.06. The Kier molecular flexibility index (Phi) is 1.46. The van der Waals surface area contributed by atoms with E-state index in [1.54, 1.807) is 0 Å². The Morgan fingerprint density at radius 3 is 2.33 bits per heavy atom. The zero-order valence-electron chi connectivity index (χ0n) is 5.94. The molecule has 1 rings (SSSR count). The Labute approximate surface area is 55.9 Å². The van der Waals surface area contributed by atoms with Gasteiger partial charge in [-0.1, -0.05) is 6.92 Å². The average molecular weight is 124 g/mol. The summed E-state index contributed by atoms with van der Waals surface area (Å²) in [5.74, 6) is 0. The molecular formula is C7H12N2. The molecule has 1 N–H and O–H groups in total. The molecule has 1 aliphatic carbocycles. The van der Waals surface area contributed by atoms with Crippen molar-refractivity contribution in [1.29, 1.82) is 5.26 Å². The predicted octanol–water partition coefficient (Wildman–Crippen LogP) is 0.898. The average Bonchev–Trinajstić information content (AvgIpc) is 2.52. The molecule has 0 radical (unpaired) electrons. The van der Waals surface area contributed by atoms with Crippen molar-refractivity contribution < 1.29 is 0 Å². The summed E-state index contributed by atoms with van der Waals surface area (Å²) in [7, 11) is 1.84. The Balaban J connectivity index is 2.50. The van der Waals surface area contributed by atoms with Crippen LogP contribution in [-0.2, 0) is 0 Å². The van der Waals surface area contributed by atoms with Crippen LogP contribution in [0.15, 0.2) is 0 Å². The van der Waals surface area contributed by atoms with Crippen LogP contribution in [0.5, 0.6) is 0 Å². The molecule has 0 aromatic rings. The van der Waals surface area contributed by atoms with E-state index in [0.717, 1.165) is 0 Å². The van der Waals surface area contributed by atoms with Crippen LogP contribution < -0.4 is 5.32 Å². The van der Waals surface area contributed by atoms with Crippen molar-refractivity contribution in [3.8, 4) is 6.07 Å². The largest absolute Gasteiger partial charge is 0.305 e. The summed E-state index contributed by atoms with van der Waals surface area (Å²) in [6.07, 6.45) is 2.40. The van der Waals surface area contributed by atoms with Crippen LogP contribution in [0.3, 0.4) is 0 Å². The van der Waals surface area contributed by atoms with Crippen molar-refractivity contribution in [3.05, 3.63) is 0 Å². The molecule has 0 bridgehead atoms. The maximum atomic E-state index is 8.59. The summed E-state index contributed by atoms with van der Waals surface area (Å²) in [4.78, 5) is 0. The molecule has 2 heteroatoms. The fraction of sp³-hybridized carbons (Fsp3) is 0.857. The summed E-state index contributed by atoms with van der Waals surface area (Å²) in [5, 5.41) is 11.6. The van der Waals surface area contributed by atoms with Crippen molar-refractivity contribution in [2.45, 2.75) is 25.8 Å². The quantitative estimate of drug-likeness (QED) is 0.593. The standard InChI is InChI=1S/C7H12N2/c1-7(3-4-7)6(5-8)9-2/h6,9H,3-4H2,1-2H3. The first-order valence-electron chi connectivity index (χ1n) is 3.30. The number of hydrogen-bond donors (Lipinski definition) is 1. The Morgan fingerprint density at radius 2 is 2.22 bits per heavy atom. The topological polar surface area (TPSA) is 35.8 Å². The highest BCUT2D eigenvalue weighted by molar-refractivity contribution is 5.08. The molecule has 0 amide bonds. The van der Waals surface area contributed by atoms with Crippen molar-refractivity contribution in [3.63, 3.8) is 0 Å². The lowest BCUT2D eigenvalue weighted by molar-refractivity contribution is 0.451. The van der Waals surface area contributed by atoms with Gasteiger partial charge >= 0.3 is 0 Å². The van der Waals surface area contributed by atoms with Crippen molar-refractivity contribution in [2.24, 2.45) is 5.41 Å². The molecule has 9 heavy (non-hydrogen) atoms. The summed E-state index contributed by atoms with van der Waals surface area (Å²) < 4.78 is 0. The highest BCUT2D eigenvalue weighted by Gasteiger charge is 2.44. The lowest BCUT2D eigenvalue weighted by Crippen LogP contribution is -2.31. The first-order chi connectivity index (χ1) is 4.23. The molecule has 0 heterocycles. The SMILES string of the molecule is CNC(C#N)C1(C)CC1. The first-order valence-corrected chi connectivity index (χ1v) is 3.30.